The van der Waals surface area contributed by atoms with Gasteiger partial charge in [0.2, 0.25) is 0 Å². The van der Waals surface area contributed by atoms with Gasteiger partial charge >= 0.3 is 6.18 Å². The zero-order valence-electron chi connectivity index (χ0n) is 5.36. The lowest BCUT2D eigenvalue weighted by Gasteiger charge is -2.06. The van der Waals surface area contributed by atoms with Crippen LogP contribution in [0.2, 0.25) is 5.15 Å². The van der Waals surface area contributed by atoms with Crippen LogP contribution in [0.25, 0.3) is 0 Å². The average Bonchev–Trinajstić information content (AvgIpc) is 1.92. The predicted molar refractivity (Wildman–Crippen MR) is 39.7 cm³/mol. The van der Waals surface area contributed by atoms with E-state index in [9.17, 15) is 13.2 Å². The summed E-state index contributed by atoms with van der Waals surface area (Å²) in [5.74, 6) is 0. The largest absolute Gasteiger partial charge is 0.419 e. The van der Waals surface area contributed by atoms with Gasteiger partial charge in [-0.1, -0.05) is 11.6 Å². The minimum atomic E-state index is -4.46. The van der Waals surface area contributed by atoms with Crippen molar-refractivity contribution in [2.75, 3.05) is 0 Å². The van der Waals surface area contributed by atoms with Crippen LogP contribution < -0.4 is 0 Å². The Bertz CT molecular complexity index is 301. The molecule has 0 aromatic carbocycles. The molecular formula is C5HBrClF3N2. The van der Waals surface area contributed by atoms with E-state index >= 15 is 0 Å². The second-order valence-corrected chi connectivity index (χ2v) is 3.01. The summed E-state index contributed by atoms with van der Waals surface area (Å²) in [6.07, 6.45) is -4.46. The highest BCUT2D eigenvalue weighted by Gasteiger charge is 2.34. The molecule has 0 aliphatic heterocycles. The molecule has 0 radical (unpaired) electrons. The summed E-state index contributed by atoms with van der Waals surface area (Å²) in [6.45, 7) is 0. The fourth-order valence-corrected chi connectivity index (χ4v) is 1.12. The summed E-state index contributed by atoms with van der Waals surface area (Å²) in [6, 6.07) is 0.707. The van der Waals surface area contributed by atoms with Crippen LogP contribution in [0.4, 0.5) is 13.2 Å². The molecule has 1 heterocycles. The number of nitrogens with zero attached hydrogens (tertiary/aromatic N) is 2. The van der Waals surface area contributed by atoms with E-state index in [0.29, 0.717) is 6.07 Å². The van der Waals surface area contributed by atoms with Gasteiger partial charge in [0, 0.05) is 0 Å². The van der Waals surface area contributed by atoms with Gasteiger partial charge in [-0.25, -0.2) is 0 Å². The molecule has 0 spiro atoms. The van der Waals surface area contributed by atoms with E-state index in [2.05, 4.69) is 26.1 Å². The van der Waals surface area contributed by atoms with Crippen LogP contribution in [0, 0.1) is 0 Å². The van der Waals surface area contributed by atoms with Gasteiger partial charge in [0.15, 0.2) is 5.15 Å². The summed E-state index contributed by atoms with van der Waals surface area (Å²) in [7, 11) is 0. The Morgan fingerprint density at radius 1 is 1.33 bits per heavy atom. The lowest BCUT2D eigenvalue weighted by atomic mass is 10.3. The van der Waals surface area contributed by atoms with Crippen LogP contribution in [-0.2, 0) is 6.18 Å². The van der Waals surface area contributed by atoms with Crippen LogP contribution in [0.1, 0.15) is 5.56 Å². The third-order valence-corrected chi connectivity index (χ3v) is 1.79. The molecular weight excluding hydrogens is 260 g/mol. The molecule has 1 rings (SSSR count). The summed E-state index contributed by atoms with van der Waals surface area (Å²) in [5.41, 5.74) is -0.928. The Morgan fingerprint density at radius 3 is 2.33 bits per heavy atom. The van der Waals surface area contributed by atoms with Crippen LogP contribution in [0.3, 0.4) is 0 Å². The van der Waals surface area contributed by atoms with E-state index in [1.165, 1.54) is 0 Å². The Kier molecular flexibility index (Phi) is 2.58. The van der Waals surface area contributed by atoms with Gasteiger partial charge in [-0.15, -0.1) is 10.2 Å². The number of halogens is 5. The minimum Gasteiger partial charge on any atom is -0.166 e. The molecule has 1 aromatic rings. The van der Waals surface area contributed by atoms with E-state index in [-0.39, 0.29) is 9.76 Å². The molecule has 0 fully saturated rings. The summed E-state index contributed by atoms with van der Waals surface area (Å²) in [4.78, 5) is 0. The lowest BCUT2D eigenvalue weighted by molar-refractivity contribution is -0.138. The van der Waals surface area contributed by atoms with Crippen molar-refractivity contribution in [2.24, 2.45) is 0 Å². The Morgan fingerprint density at radius 2 is 1.92 bits per heavy atom. The third kappa shape index (κ3) is 2.07. The van der Waals surface area contributed by atoms with Crippen molar-refractivity contribution in [3.63, 3.8) is 0 Å². The van der Waals surface area contributed by atoms with E-state index in [0.717, 1.165) is 0 Å². The van der Waals surface area contributed by atoms with Gasteiger partial charge < -0.3 is 0 Å². The van der Waals surface area contributed by atoms with Gasteiger partial charge in [0.1, 0.15) is 4.60 Å². The molecule has 0 N–H and O–H groups in total. The van der Waals surface area contributed by atoms with Crippen LogP contribution >= 0.6 is 27.5 Å². The first-order valence-corrected chi connectivity index (χ1v) is 3.84. The van der Waals surface area contributed by atoms with Crippen molar-refractivity contribution in [1.82, 2.24) is 10.2 Å². The maximum Gasteiger partial charge on any atom is 0.419 e. The molecule has 0 aliphatic carbocycles. The number of hydrogen-bond acceptors (Lipinski definition) is 2. The van der Waals surface area contributed by atoms with E-state index < -0.39 is 11.7 Å². The molecule has 1 aromatic heterocycles. The van der Waals surface area contributed by atoms with Crippen molar-refractivity contribution < 1.29 is 13.2 Å². The van der Waals surface area contributed by atoms with Crippen molar-refractivity contribution >= 4 is 27.5 Å². The molecule has 7 heteroatoms. The van der Waals surface area contributed by atoms with Crippen LogP contribution in [0.5, 0.6) is 0 Å². The zero-order valence-corrected chi connectivity index (χ0v) is 7.70. The Balaban J connectivity index is 3.23. The fraction of sp³-hybridized carbons (Fsp3) is 0.200. The molecule has 0 saturated heterocycles. The molecule has 12 heavy (non-hydrogen) atoms. The van der Waals surface area contributed by atoms with E-state index in [1.807, 2.05) is 0 Å². The Labute approximate surface area is 78.9 Å². The molecule has 66 valence electrons. The number of alkyl halides is 3. The minimum absolute atomic E-state index is 0.287. The first kappa shape index (κ1) is 9.73. The predicted octanol–water partition coefficient (Wildman–Crippen LogP) is 2.91. The van der Waals surface area contributed by atoms with Crippen LogP contribution in [0.15, 0.2) is 10.7 Å². The second-order valence-electron chi connectivity index (χ2n) is 1.87. The quantitative estimate of drug-likeness (QED) is 0.717. The molecule has 0 aliphatic rings. The third-order valence-electron chi connectivity index (χ3n) is 1.02. The van der Waals surface area contributed by atoms with E-state index in [4.69, 9.17) is 11.6 Å². The van der Waals surface area contributed by atoms with Crippen molar-refractivity contribution in [3.05, 3.63) is 21.4 Å². The highest BCUT2D eigenvalue weighted by atomic mass is 79.9. The first-order chi connectivity index (χ1) is 5.41. The maximum atomic E-state index is 12.1. The topological polar surface area (TPSA) is 25.8 Å². The highest BCUT2D eigenvalue weighted by molar-refractivity contribution is 9.10. The first-order valence-electron chi connectivity index (χ1n) is 2.67. The average molecular weight is 261 g/mol. The Hall–Kier alpha value is -0.360. The van der Waals surface area contributed by atoms with Gasteiger partial charge in [-0.2, -0.15) is 13.2 Å². The van der Waals surface area contributed by atoms with Gasteiger partial charge in [-0.3, -0.25) is 0 Å². The van der Waals surface area contributed by atoms with Crippen molar-refractivity contribution in [1.29, 1.82) is 0 Å². The molecule has 2 nitrogen and oxygen atoms in total. The van der Waals surface area contributed by atoms with Crippen LogP contribution in [-0.4, -0.2) is 10.2 Å². The summed E-state index contributed by atoms with van der Waals surface area (Å²) in [5, 5.41) is 6.09. The number of hydrogen-bond donors (Lipinski definition) is 0. The summed E-state index contributed by atoms with van der Waals surface area (Å²) < 4.78 is 35.9. The maximum absolute atomic E-state index is 12.1. The van der Waals surface area contributed by atoms with Gasteiger partial charge in [-0.05, 0) is 22.0 Å². The number of aromatic nitrogens is 2. The monoisotopic (exact) mass is 260 g/mol. The molecule has 0 bridgehead atoms. The smallest absolute Gasteiger partial charge is 0.166 e. The molecule has 0 atom stereocenters. The van der Waals surface area contributed by atoms with Gasteiger partial charge in [0.05, 0.1) is 5.56 Å². The molecule has 0 amide bonds. The molecule has 0 unspecified atom stereocenters. The SMILES string of the molecule is FC(F)(F)c1cc(Cl)nnc1Br. The zero-order chi connectivity index (χ0) is 9.35. The number of rotatable bonds is 0. The van der Waals surface area contributed by atoms with E-state index in [1.54, 1.807) is 0 Å². The molecule has 0 saturated carbocycles. The van der Waals surface area contributed by atoms with Gasteiger partial charge in [0.25, 0.3) is 0 Å². The van der Waals surface area contributed by atoms with Crippen molar-refractivity contribution in [3.8, 4) is 0 Å². The lowest BCUT2D eigenvalue weighted by Crippen LogP contribution is -2.07. The highest BCUT2D eigenvalue weighted by Crippen LogP contribution is 2.34. The fourth-order valence-electron chi connectivity index (χ4n) is 0.552. The second kappa shape index (κ2) is 3.18. The normalized spacial score (nSPS) is 11.8. The summed E-state index contributed by atoms with van der Waals surface area (Å²) >= 11 is 7.84. The van der Waals surface area contributed by atoms with Crippen molar-refractivity contribution in [2.45, 2.75) is 6.18 Å². The standard InChI is InChI=1S/C5HBrClF3N2/c6-4-2(5(8,9)10)1-3(7)11-12-4/h1H.